The van der Waals surface area contributed by atoms with E-state index in [4.69, 9.17) is 4.74 Å². The Morgan fingerprint density at radius 2 is 2.06 bits per heavy atom. The van der Waals surface area contributed by atoms with Crippen molar-refractivity contribution in [3.05, 3.63) is 0 Å². The van der Waals surface area contributed by atoms with Gasteiger partial charge < -0.3 is 15.0 Å². The smallest absolute Gasteiger partial charge is 0.325 e. The predicted octanol–water partition coefficient (Wildman–Crippen LogP) is 1.79. The number of hydrogen-bond acceptors (Lipinski definition) is 4. The number of methoxy groups -OCH3 is 1. The molecule has 1 aliphatic carbocycles. The molecular formula is C14H28N2O2. The summed E-state index contributed by atoms with van der Waals surface area (Å²) in [5.74, 6) is -0.184. The van der Waals surface area contributed by atoms with Gasteiger partial charge in [-0.25, -0.2) is 0 Å². The first kappa shape index (κ1) is 15.4. The molecule has 1 rings (SSSR count). The summed E-state index contributed by atoms with van der Waals surface area (Å²) in [5, 5.41) is 3.10. The van der Waals surface area contributed by atoms with Crippen LogP contribution >= 0.6 is 0 Å². The number of rotatable bonds is 6. The molecule has 0 spiro atoms. The second-order valence-electron chi connectivity index (χ2n) is 5.73. The van der Waals surface area contributed by atoms with E-state index in [0.717, 1.165) is 6.42 Å². The average Bonchev–Trinajstić information content (AvgIpc) is 2.90. The van der Waals surface area contributed by atoms with Crippen molar-refractivity contribution in [3.8, 4) is 0 Å². The van der Waals surface area contributed by atoms with Gasteiger partial charge in [0, 0.05) is 12.1 Å². The number of esters is 1. The zero-order chi connectivity index (χ0) is 13.8. The van der Waals surface area contributed by atoms with Crippen LogP contribution in [0.4, 0.5) is 0 Å². The third kappa shape index (κ3) is 3.45. The van der Waals surface area contributed by atoms with Crippen LogP contribution in [0.15, 0.2) is 0 Å². The lowest BCUT2D eigenvalue weighted by Gasteiger charge is -2.36. The van der Waals surface area contributed by atoms with Crippen molar-refractivity contribution in [2.75, 3.05) is 21.2 Å². The van der Waals surface area contributed by atoms with E-state index in [1.165, 1.54) is 32.8 Å². The van der Waals surface area contributed by atoms with Gasteiger partial charge in [-0.15, -0.1) is 0 Å². The summed E-state index contributed by atoms with van der Waals surface area (Å²) in [4.78, 5) is 14.3. The SMILES string of the molecule is CNC(C)(CC(C)N(C)C1CCCC1)C(=O)OC. The number of carbonyl (C=O) groups is 1. The monoisotopic (exact) mass is 256 g/mol. The molecule has 0 aromatic heterocycles. The van der Waals surface area contributed by atoms with Gasteiger partial charge in [-0.3, -0.25) is 4.79 Å². The summed E-state index contributed by atoms with van der Waals surface area (Å²) in [6.45, 7) is 4.11. The molecule has 2 unspecified atom stereocenters. The first-order valence-electron chi connectivity index (χ1n) is 6.94. The Balaban J connectivity index is 2.60. The van der Waals surface area contributed by atoms with Crippen LogP contribution in [-0.2, 0) is 9.53 Å². The minimum atomic E-state index is -0.596. The highest BCUT2D eigenvalue weighted by molar-refractivity contribution is 5.80. The summed E-state index contributed by atoms with van der Waals surface area (Å²) < 4.78 is 4.89. The van der Waals surface area contributed by atoms with Crippen molar-refractivity contribution in [1.82, 2.24) is 10.2 Å². The van der Waals surface area contributed by atoms with Gasteiger partial charge in [0.15, 0.2) is 0 Å². The van der Waals surface area contributed by atoms with E-state index >= 15 is 0 Å². The molecule has 2 atom stereocenters. The molecule has 4 nitrogen and oxygen atoms in total. The van der Waals surface area contributed by atoms with Gasteiger partial charge in [-0.05, 0) is 47.2 Å². The fraction of sp³-hybridized carbons (Fsp3) is 0.929. The lowest BCUT2D eigenvalue weighted by Crippen LogP contribution is -2.53. The van der Waals surface area contributed by atoms with Gasteiger partial charge in [0.1, 0.15) is 5.54 Å². The Hall–Kier alpha value is -0.610. The Morgan fingerprint density at radius 1 is 1.50 bits per heavy atom. The Morgan fingerprint density at radius 3 is 2.50 bits per heavy atom. The highest BCUT2D eigenvalue weighted by atomic mass is 16.5. The van der Waals surface area contributed by atoms with Crippen molar-refractivity contribution in [2.45, 2.75) is 63.6 Å². The van der Waals surface area contributed by atoms with Crippen molar-refractivity contribution in [2.24, 2.45) is 0 Å². The quantitative estimate of drug-likeness (QED) is 0.736. The topological polar surface area (TPSA) is 41.6 Å². The molecule has 18 heavy (non-hydrogen) atoms. The molecule has 1 aliphatic rings. The highest BCUT2D eigenvalue weighted by Gasteiger charge is 2.36. The van der Waals surface area contributed by atoms with Crippen LogP contribution < -0.4 is 5.32 Å². The average molecular weight is 256 g/mol. The predicted molar refractivity (Wildman–Crippen MR) is 73.6 cm³/mol. The van der Waals surface area contributed by atoms with Crippen molar-refractivity contribution < 1.29 is 9.53 Å². The molecule has 0 aliphatic heterocycles. The van der Waals surface area contributed by atoms with Crippen LogP contribution in [0.3, 0.4) is 0 Å². The molecule has 0 aromatic carbocycles. The third-order valence-electron chi connectivity index (χ3n) is 4.49. The van der Waals surface area contributed by atoms with Crippen LogP contribution in [0.25, 0.3) is 0 Å². The molecule has 1 N–H and O–H groups in total. The maximum absolute atomic E-state index is 11.8. The molecule has 1 fully saturated rings. The lowest BCUT2D eigenvalue weighted by atomic mass is 9.92. The molecule has 0 amide bonds. The number of likely N-dealkylation sites (N-methyl/N-ethyl adjacent to an activating group) is 1. The van der Waals surface area contributed by atoms with Crippen molar-refractivity contribution >= 4 is 5.97 Å². The van der Waals surface area contributed by atoms with Crippen molar-refractivity contribution in [1.29, 1.82) is 0 Å². The molecule has 0 heterocycles. The van der Waals surface area contributed by atoms with Crippen LogP contribution in [0.5, 0.6) is 0 Å². The summed E-state index contributed by atoms with van der Waals surface area (Å²) >= 11 is 0. The van der Waals surface area contributed by atoms with Crippen LogP contribution in [-0.4, -0.2) is 49.7 Å². The molecule has 0 radical (unpaired) electrons. The first-order chi connectivity index (χ1) is 8.44. The first-order valence-corrected chi connectivity index (χ1v) is 6.94. The number of carbonyl (C=O) groups excluding carboxylic acids is 1. The summed E-state index contributed by atoms with van der Waals surface area (Å²) in [6, 6.07) is 1.04. The summed E-state index contributed by atoms with van der Waals surface area (Å²) in [5.41, 5.74) is -0.596. The number of nitrogens with one attached hydrogen (secondary N) is 1. The molecule has 1 saturated carbocycles. The molecule has 4 heteroatoms. The van der Waals surface area contributed by atoms with Gasteiger partial charge in [0.25, 0.3) is 0 Å². The van der Waals surface area contributed by atoms with E-state index in [1.807, 2.05) is 14.0 Å². The standard InChI is InChI=1S/C14H28N2O2/c1-11(16(4)12-8-6-7-9-12)10-14(2,15-3)13(17)18-5/h11-12,15H,6-10H2,1-5H3. The second kappa shape index (κ2) is 6.53. The maximum atomic E-state index is 11.8. The van der Waals surface area contributed by atoms with Crippen LogP contribution in [0.1, 0.15) is 46.0 Å². The van der Waals surface area contributed by atoms with Crippen LogP contribution in [0, 0.1) is 0 Å². The largest absolute Gasteiger partial charge is 0.468 e. The zero-order valence-corrected chi connectivity index (χ0v) is 12.5. The van der Waals surface area contributed by atoms with E-state index in [0.29, 0.717) is 12.1 Å². The second-order valence-corrected chi connectivity index (χ2v) is 5.73. The molecule has 0 bridgehead atoms. The van der Waals surface area contributed by atoms with Crippen molar-refractivity contribution in [3.63, 3.8) is 0 Å². The maximum Gasteiger partial charge on any atom is 0.325 e. The Bertz CT molecular complexity index is 277. The van der Waals surface area contributed by atoms with E-state index in [2.05, 4.69) is 24.2 Å². The Kier molecular flexibility index (Phi) is 5.60. The Labute approximate surface area is 111 Å². The third-order valence-corrected chi connectivity index (χ3v) is 4.49. The molecular weight excluding hydrogens is 228 g/mol. The summed E-state index contributed by atoms with van der Waals surface area (Å²) in [7, 11) is 5.44. The fourth-order valence-electron chi connectivity index (χ4n) is 2.92. The summed E-state index contributed by atoms with van der Waals surface area (Å²) in [6.07, 6.45) is 6.01. The molecule has 0 saturated heterocycles. The van der Waals surface area contributed by atoms with E-state index in [1.54, 1.807) is 0 Å². The van der Waals surface area contributed by atoms with Gasteiger partial charge in [-0.1, -0.05) is 12.8 Å². The normalized spacial score (nSPS) is 21.9. The number of ether oxygens (including phenoxy) is 1. The minimum Gasteiger partial charge on any atom is -0.468 e. The number of hydrogen-bond donors (Lipinski definition) is 1. The highest BCUT2D eigenvalue weighted by Crippen LogP contribution is 2.26. The van der Waals surface area contributed by atoms with Gasteiger partial charge in [-0.2, -0.15) is 0 Å². The lowest BCUT2D eigenvalue weighted by molar-refractivity contribution is -0.148. The van der Waals surface area contributed by atoms with E-state index < -0.39 is 5.54 Å². The van der Waals surface area contributed by atoms with E-state index in [9.17, 15) is 4.79 Å². The van der Waals surface area contributed by atoms with Gasteiger partial charge in [0.05, 0.1) is 7.11 Å². The van der Waals surface area contributed by atoms with Gasteiger partial charge in [0.2, 0.25) is 0 Å². The molecule has 106 valence electrons. The van der Waals surface area contributed by atoms with Crippen LogP contribution in [0.2, 0.25) is 0 Å². The molecule has 0 aromatic rings. The number of nitrogens with zero attached hydrogens (tertiary/aromatic N) is 1. The van der Waals surface area contributed by atoms with E-state index in [-0.39, 0.29) is 5.97 Å². The fourth-order valence-corrected chi connectivity index (χ4v) is 2.92. The van der Waals surface area contributed by atoms with Gasteiger partial charge >= 0.3 is 5.97 Å². The zero-order valence-electron chi connectivity index (χ0n) is 12.5. The minimum absolute atomic E-state index is 0.184.